The minimum absolute atomic E-state index is 0.0204. The second-order valence-corrected chi connectivity index (χ2v) is 5.96. The number of hydrogen-bond acceptors (Lipinski definition) is 4. The molecule has 1 N–H and O–H groups in total. The molecule has 2 aromatic carbocycles. The molecular formula is C20H20FNO4. The van der Waals surface area contributed by atoms with Crippen molar-refractivity contribution in [3.8, 4) is 17.2 Å². The number of benzene rings is 2. The van der Waals surface area contributed by atoms with Gasteiger partial charge in [0.05, 0.1) is 19.8 Å². The average molecular weight is 357 g/mol. The Morgan fingerprint density at radius 2 is 1.88 bits per heavy atom. The summed E-state index contributed by atoms with van der Waals surface area (Å²) in [5.41, 5.74) is 2.08. The number of ether oxygens (including phenoxy) is 2. The molecule has 1 aliphatic rings. The maximum atomic E-state index is 13.4. The van der Waals surface area contributed by atoms with E-state index in [1.165, 1.54) is 6.07 Å². The molecule has 6 heteroatoms. The van der Waals surface area contributed by atoms with Gasteiger partial charge in [-0.05, 0) is 47.9 Å². The lowest BCUT2D eigenvalue weighted by Crippen LogP contribution is -2.34. The number of nitrogens with zero attached hydrogens (tertiary/aromatic N) is 1. The molecular weight excluding hydrogens is 337 g/mol. The quantitative estimate of drug-likeness (QED) is 0.910. The Hall–Kier alpha value is -3.02. The first-order valence-electron chi connectivity index (χ1n) is 8.22. The highest BCUT2D eigenvalue weighted by Gasteiger charge is 2.22. The van der Waals surface area contributed by atoms with Gasteiger partial charge in [-0.2, -0.15) is 0 Å². The van der Waals surface area contributed by atoms with Gasteiger partial charge in [0.1, 0.15) is 11.6 Å². The van der Waals surface area contributed by atoms with Crippen LogP contribution in [0.2, 0.25) is 0 Å². The molecule has 0 bridgehead atoms. The Balaban J connectivity index is 1.78. The number of phenolic OH excluding ortho intramolecular Hbond substituents is 1. The topological polar surface area (TPSA) is 59.0 Å². The highest BCUT2D eigenvalue weighted by molar-refractivity contribution is 5.97. The van der Waals surface area contributed by atoms with Crippen LogP contribution in [-0.4, -0.2) is 43.2 Å². The average Bonchev–Trinajstić information content (AvgIpc) is 2.68. The van der Waals surface area contributed by atoms with Crippen molar-refractivity contribution in [2.24, 2.45) is 0 Å². The normalized spacial score (nSPS) is 14.0. The standard InChI is InChI=1S/C20H20FNO4/c1-25-18-6-3-14(11-19(18)26-2)13-7-9-22(10-8-13)20(24)16-12-15(21)4-5-17(16)23/h3-7,11-12,23H,8-10H2,1-2H3. The fourth-order valence-corrected chi connectivity index (χ4v) is 3.00. The molecule has 3 rings (SSSR count). The maximum absolute atomic E-state index is 13.4. The molecule has 0 spiro atoms. The molecule has 1 aliphatic heterocycles. The molecule has 2 aromatic rings. The van der Waals surface area contributed by atoms with Gasteiger partial charge in [-0.15, -0.1) is 0 Å². The number of hydrogen-bond donors (Lipinski definition) is 1. The van der Waals surface area contributed by atoms with Crippen LogP contribution in [-0.2, 0) is 0 Å². The van der Waals surface area contributed by atoms with Gasteiger partial charge in [-0.3, -0.25) is 4.79 Å². The molecule has 0 fully saturated rings. The van der Waals surface area contributed by atoms with E-state index in [-0.39, 0.29) is 17.2 Å². The van der Waals surface area contributed by atoms with E-state index in [2.05, 4.69) is 0 Å². The number of carbonyl (C=O) groups excluding carboxylic acids is 1. The Morgan fingerprint density at radius 1 is 1.12 bits per heavy atom. The number of halogens is 1. The predicted octanol–water partition coefficient (Wildman–Crippen LogP) is 3.48. The van der Waals surface area contributed by atoms with Crippen LogP contribution in [0.3, 0.4) is 0 Å². The summed E-state index contributed by atoms with van der Waals surface area (Å²) in [5, 5.41) is 9.82. The van der Waals surface area contributed by atoms with Gasteiger partial charge >= 0.3 is 0 Å². The van der Waals surface area contributed by atoms with Crippen LogP contribution in [0.15, 0.2) is 42.5 Å². The zero-order valence-corrected chi connectivity index (χ0v) is 14.7. The molecule has 136 valence electrons. The molecule has 0 saturated heterocycles. The van der Waals surface area contributed by atoms with E-state index in [0.717, 1.165) is 23.3 Å². The molecule has 0 saturated carbocycles. The monoisotopic (exact) mass is 357 g/mol. The smallest absolute Gasteiger partial charge is 0.258 e. The van der Waals surface area contributed by atoms with Gasteiger partial charge in [0.15, 0.2) is 11.5 Å². The summed E-state index contributed by atoms with van der Waals surface area (Å²) in [7, 11) is 3.17. The van der Waals surface area contributed by atoms with Crippen LogP contribution < -0.4 is 9.47 Å². The van der Waals surface area contributed by atoms with Gasteiger partial charge in [0.2, 0.25) is 0 Å². The first-order valence-corrected chi connectivity index (χ1v) is 8.22. The molecule has 0 radical (unpaired) electrons. The first kappa shape index (κ1) is 17.8. The van der Waals surface area contributed by atoms with E-state index in [1.807, 2.05) is 24.3 Å². The summed E-state index contributed by atoms with van der Waals surface area (Å²) < 4.78 is 23.9. The second-order valence-electron chi connectivity index (χ2n) is 5.96. The van der Waals surface area contributed by atoms with E-state index < -0.39 is 5.82 Å². The minimum Gasteiger partial charge on any atom is -0.507 e. The summed E-state index contributed by atoms with van der Waals surface area (Å²) in [6, 6.07) is 9.07. The number of amides is 1. The van der Waals surface area contributed by atoms with E-state index in [0.29, 0.717) is 31.0 Å². The van der Waals surface area contributed by atoms with E-state index in [9.17, 15) is 14.3 Å². The Kier molecular flexibility index (Phi) is 5.11. The summed E-state index contributed by atoms with van der Waals surface area (Å²) in [4.78, 5) is 14.1. The lowest BCUT2D eigenvalue weighted by atomic mass is 9.98. The van der Waals surface area contributed by atoms with E-state index >= 15 is 0 Å². The molecule has 0 unspecified atom stereocenters. The number of methoxy groups -OCH3 is 2. The highest BCUT2D eigenvalue weighted by Crippen LogP contribution is 2.32. The van der Waals surface area contributed by atoms with E-state index in [1.54, 1.807) is 19.1 Å². The van der Waals surface area contributed by atoms with Crippen LogP contribution in [0.5, 0.6) is 17.2 Å². The Labute approximate surface area is 151 Å². The van der Waals surface area contributed by atoms with Gasteiger partial charge in [0, 0.05) is 13.1 Å². The molecule has 0 atom stereocenters. The minimum atomic E-state index is -0.551. The predicted molar refractivity (Wildman–Crippen MR) is 96.1 cm³/mol. The van der Waals surface area contributed by atoms with Crippen molar-refractivity contribution in [1.29, 1.82) is 0 Å². The second kappa shape index (κ2) is 7.47. The van der Waals surface area contributed by atoms with Crippen molar-refractivity contribution >= 4 is 11.5 Å². The SMILES string of the molecule is COc1ccc(C2=CCN(C(=O)c3cc(F)ccc3O)CC2)cc1OC. The van der Waals surface area contributed by atoms with Crippen molar-refractivity contribution in [3.63, 3.8) is 0 Å². The maximum Gasteiger partial charge on any atom is 0.258 e. The fraction of sp³-hybridized carbons (Fsp3) is 0.250. The molecule has 0 aliphatic carbocycles. The lowest BCUT2D eigenvalue weighted by molar-refractivity contribution is 0.0769. The van der Waals surface area contributed by atoms with Gasteiger partial charge < -0.3 is 19.5 Å². The zero-order valence-electron chi connectivity index (χ0n) is 14.7. The van der Waals surface area contributed by atoms with Crippen molar-refractivity contribution in [2.45, 2.75) is 6.42 Å². The summed E-state index contributed by atoms with van der Waals surface area (Å²) in [6.07, 6.45) is 2.61. The Bertz CT molecular complexity index is 863. The molecule has 5 nitrogen and oxygen atoms in total. The largest absolute Gasteiger partial charge is 0.507 e. The lowest BCUT2D eigenvalue weighted by Gasteiger charge is -2.27. The number of rotatable bonds is 4. The summed E-state index contributed by atoms with van der Waals surface area (Å²) >= 11 is 0. The third-order valence-electron chi connectivity index (χ3n) is 4.44. The van der Waals surface area contributed by atoms with Crippen LogP contribution in [0.4, 0.5) is 4.39 Å². The summed E-state index contributed by atoms with van der Waals surface area (Å²) in [5.74, 6) is 0.153. The third kappa shape index (κ3) is 3.49. The van der Waals surface area contributed by atoms with Gasteiger partial charge in [-0.25, -0.2) is 4.39 Å². The van der Waals surface area contributed by atoms with Crippen molar-refractivity contribution in [3.05, 3.63) is 59.4 Å². The van der Waals surface area contributed by atoms with Crippen LogP contribution in [0, 0.1) is 5.82 Å². The van der Waals surface area contributed by atoms with Crippen LogP contribution in [0.1, 0.15) is 22.3 Å². The highest BCUT2D eigenvalue weighted by atomic mass is 19.1. The molecule has 1 heterocycles. The van der Waals surface area contributed by atoms with Gasteiger partial charge in [-0.1, -0.05) is 12.1 Å². The molecule has 26 heavy (non-hydrogen) atoms. The fourth-order valence-electron chi connectivity index (χ4n) is 3.00. The van der Waals surface area contributed by atoms with E-state index in [4.69, 9.17) is 9.47 Å². The first-order chi connectivity index (χ1) is 12.5. The van der Waals surface area contributed by atoms with Gasteiger partial charge in [0.25, 0.3) is 5.91 Å². The third-order valence-corrected chi connectivity index (χ3v) is 4.44. The van der Waals surface area contributed by atoms with Crippen molar-refractivity contribution < 1.29 is 23.8 Å². The molecule has 1 amide bonds. The molecule has 0 aromatic heterocycles. The number of phenols is 1. The van der Waals surface area contributed by atoms with Crippen molar-refractivity contribution in [1.82, 2.24) is 4.90 Å². The number of carbonyl (C=O) groups is 1. The van der Waals surface area contributed by atoms with Crippen LogP contribution in [0.25, 0.3) is 5.57 Å². The number of aromatic hydroxyl groups is 1. The zero-order chi connectivity index (χ0) is 18.7. The summed E-state index contributed by atoms with van der Waals surface area (Å²) in [6.45, 7) is 0.868. The van der Waals surface area contributed by atoms with Crippen LogP contribution >= 0.6 is 0 Å². The van der Waals surface area contributed by atoms with Crippen molar-refractivity contribution in [2.75, 3.05) is 27.3 Å². The Morgan fingerprint density at radius 3 is 2.54 bits per heavy atom.